The van der Waals surface area contributed by atoms with Crippen LogP contribution in [-0.4, -0.2) is 51.7 Å². The molecule has 0 saturated carbocycles. The monoisotopic (exact) mass is 430 g/mol. The van der Waals surface area contributed by atoms with Crippen molar-refractivity contribution in [3.63, 3.8) is 0 Å². The molecule has 0 unspecified atom stereocenters. The van der Waals surface area contributed by atoms with Gasteiger partial charge in [-0.25, -0.2) is 4.79 Å². The van der Waals surface area contributed by atoms with E-state index in [2.05, 4.69) is 10.1 Å². The van der Waals surface area contributed by atoms with Crippen LogP contribution >= 0.6 is 0 Å². The highest BCUT2D eigenvalue weighted by Crippen LogP contribution is 2.38. The fraction of sp³-hybridized carbons (Fsp3) is 0.286. The van der Waals surface area contributed by atoms with Crippen LogP contribution in [0.1, 0.15) is 16.2 Å². The minimum Gasteiger partial charge on any atom is -0.497 e. The Morgan fingerprint density at radius 1 is 0.871 bits per heavy atom. The lowest BCUT2D eigenvalue weighted by Crippen LogP contribution is -2.07. The third kappa shape index (κ3) is 4.63. The first kappa shape index (κ1) is 21.8. The molecule has 0 radical (unpaired) electrons. The molecule has 0 aliphatic rings. The number of methoxy groups -OCH3 is 5. The molecule has 164 valence electrons. The van der Waals surface area contributed by atoms with Gasteiger partial charge in [-0.3, -0.25) is 0 Å². The highest BCUT2D eigenvalue weighted by Gasteiger charge is 2.19. The average Bonchev–Trinajstić information content (AvgIpc) is 3.29. The molecule has 10 heteroatoms. The van der Waals surface area contributed by atoms with Crippen molar-refractivity contribution in [1.82, 2.24) is 10.1 Å². The molecule has 0 saturated heterocycles. The molecule has 0 atom stereocenters. The Morgan fingerprint density at radius 2 is 1.55 bits per heavy atom. The average molecular weight is 430 g/mol. The van der Waals surface area contributed by atoms with Crippen LogP contribution in [0.4, 0.5) is 0 Å². The number of benzene rings is 2. The maximum absolute atomic E-state index is 12.5. The van der Waals surface area contributed by atoms with Gasteiger partial charge in [-0.15, -0.1) is 0 Å². The summed E-state index contributed by atoms with van der Waals surface area (Å²) in [6.45, 7) is -0.221. The molecular weight excluding hydrogens is 408 g/mol. The summed E-state index contributed by atoms with van der Waals surface area (Å²) in [6.07, 6.45) is 0. The van der Waals surface area contributed by atoms with Gasteiger partial charge in [-0.2, -0.15) is 4.98 Å². The Bertz CT molecular complexity index is 1040. The third-order valence-electron chi connectivity index (χ3n) is 4.34. The minimum atomic E-state index is -0.624. The van der Waals surface area contributed by atoms with Crippen molar-refractivity contribution in [3.8, 4) is 40.1 Å². The lowest BCUT2D eigenvalue weighted by Gasteiger charge is -2.13. The smallest absolute Gasteiger partial charge is 0.338 e. The zero-order valence-corrected chi connectivity index (χ0v) is 17.8. The van der Waals surface area contributed by atoms with E-state index in [-0.39, 0.29) is 18.1 Å². The fourth-order valence-corrected chi connectivity index (χ4v) is 2.82. The number of esters is 1. The molecule has 31 heavy (non-hydrogen) atoms. The van der Waals surface area contributed by atoms with Crippen LogP contribution in [0.5, 0.6) is 28.7 Å². The van der Waals surface area contributed by atoms with Crippen molar-refractivity contribution < 1.29 is 37.7 Å². The van der Waals surface area contributed by atoms with Crippen LogP contribution in [-0.2, 0) is 11.3 Å². The first-order valence-electron chi connectivity index (χ1n) is 9.06. The van der Waals surface area contributed by atoms with Crippen molar-refractivity contribution in [3.05, 3.63) is 41.8 Å². The van der Waals surface area contributed by atoms with Crippen LogP contribution in [0, 0.1) is 0 Å². The van der Waals surface area contributed by atoms with Crippen LogP contribution in [0.3, 0.4) is 0 Å². The summed E-state index contributed by atoms with van der Waals surface area (Å²) in [4.78, 5) is 16.8. The van der Waals surface area contributed by atoms with E-state index in [1.807, 2.05) is 0 Å². The normalized spacial score (nSPS) is 10.4. The minimum absolute atomic E-state index is 0.119. The second-order valence-corrected chi connectivity index (χ2v) is 6.07. The number of carbonyl (C=O) groups is 1. The highest BCUT2D eigenvalue weighted by atomic mass is 16.6. The Labute approximate surface area is 178 Å². The summed E-state index contributed by atoms with van der Waals surface area (Å²) in [6, 6.07) is 8.18. The lowest BCUT2D eigenvalue weighted by atomic mass is 10.2. The largest absolute Gasteiger partial charge is 0.497 e. The van der Waals surface area contributed by atoms with Crippen LogP contribution in [0.2, 0.25) is 0 Å². The molecule has 0 N–H and O–H groups in total. The van der Waals surface area contributed by atoms with Crippen LogP contribution in [0.25, 0.3) is 11.4 Å². The van der Waals surface area contributed by atoms with E-state index in [0.29, 0.717) is 40.1 Å². The number of aromatic nitrogens is 2. The van der Waals surface area contributed by atoms with Gasteiger partial charge in [0.25, 0.3) is 5.89 Å². The highest BCUT2D eigenvalue weighted by molar-refractivity contribution is 5.91. The van der Waals surface area contributed by atoms with Gasteiger partial charge in [0.05, 0.1) is 46.7 Å². The van der Waals surface area contributed by atoms with Crippen molar-refractivity contribution in [2.75, 3.05) is 35.5 Å². The number of ether oxygens (including phenoxy) is 6. The van der Waals surface area contributed by atoms with E-state index < -0.39 is 5.97 Å². The van der Waals surface area contributed by atoms with E-state index in [1.54, 1.807) is 25.3 Å². The number of hydrogen-bond donors (Lipinski definition) is 0. The van der Waals surface area contributed by atoms with Gasteiger partial charge in [0.2, 0.25) is 11.6 Å². The SMILES string of the molecule is COc1ccc(-c2noc(COC(=O)c3cc(OC)c(OC)c(OC)c3)n2)c(OC)c1. The predicted octanol–water partition coefficient (Wildman–Crippen LogP) is 3.14. The predicted molar refractivity (Wildman–Crippen MR) is 108 cm³/mol. The van der Waals surface area contributed by atoms with Gasteiger partial charge in [-0.05, 0) is 24.3 Å². The first-order chi connectivity index (χ1) is 15.0. The van der Waals surface area contributed by atoms with Crippen molar-refractivity contribution in [1.29, 1.82) is 0 Å². The van der Waals surface area contributed by atoms with Crippen molar-refractivity contribution in [2.45, 2.75) is 6.61 Å². The Hall–Kier alpha value is -3.95. The number of nitrogens with zero attached hydrogens (tertiary/aromatic N) is 2. The zero-order chi connectivity index (χ0) is 22.4. The molecule has 1 heterocycles. The first-order valence-corrected chi connectivity index (χ1v) is 9.06. The van der Waals surface area contributed by atoms with Crippen LogP contribution < -0.4 is 23.7 Å². The molecule has 0 bridgehead atoms. The molecule has 1 aromatic heterocycles. The molecule has 0 amide bonds. The van der Waals surface area contributed by atoms with Gasteiger partial charge in [0, 0.05) is 6.07 Å². The second-order valence-electron chi connectivity index (χ2n) is 6.07. The van der Waals surface area contributed by atoms with Crippen molar-refractivity contribution >= 4 is 5.97 Å². The summed E-state index contributed by atoms with van der Waals surface area (Å²) in [5, 5.41) is 3.92. The number of carbonyl (C=O) groups excluding carboxylic acids is 1. The summed E-state index contributed by atoms with van der Waals surface area (Å²) in [7, 11) is 7.48. The topological polar surface area (TPSA) is 111 Å². The second kappa shape index (κ2) is 9.70. The number of hydrogen-bond acceptors (Lipinski definition) is 10. The Balaban J connectivity index is 1.75. The fourth-order valence-electron chi connectivity index (χ4n) is 2.82. The number of rotatable bonds is 9. The summed E-state index contributed by atoms with van der Waals surface area (Å²) < 4.78 is 36.8. The summed E-state index contributed by atoms with van der Waals surface area (Å²) in [5.74, 6) is 1.97. The van der Waals surface area contributed by atoms with Crippen LogP contribution in [0.15, 0.2) is 34.9 Å². The van der Waals surface area contributed by atoms with Gasteiger partial charge in [-0.1, -0.05) is 5.16 Å². The molecule has 0 spiro atoms. The maximum atomic E-state index is 12.5. The molecule has 2 aromatic carbocycles. The van der Waals surface area contributed by atoms with Gasteiger partial charge >= 0.3 is 5.97 Å². The van der Waals surface area contributed by atoms with E-state index in [0.717, 1.165) is 0 Å². The lowest BCUT2D eigenvalue weighted by molar-refractivity contribution is 0.0429. The Morgan fingerprint density at radius 3 is 2.13 bits per heavy atom. The van der Waals surface area contributed by atoms with E-state index in [4.69, 9.17) is 32.9 Å². The molecule has 0 aliphatic carbocycles. The quantitative estimate of drug-likeness (QED) is 0.469. The molecule has 0 fully saturated rings. The molecular formula is C21H22N2O8. The molecule has 3 aromatic rings. The van der Waals surface area contributed by atoms with Crippen molar-refractivity contribution in [2.24, 2.45) is 0 Å². The molecule has 3 rings (SSSR count). The zero-order valence-electron chi connectivity index (χ0n) is 17.8. The van der Waals surface area contributed by atoms with E-state index in [1.165, 1.54) is 40.6 Å². The van der Waals surface area contributed by atoms with E-state index >= 15 is 0 Å². The Kier molecular flexibility index (Phi) is 6.81. The molecule has 0 aliphatic heterocycles. The maximum Gasteiger partial charge on any atom is 0.338 e. The standard InChI is InChI=1S/C21H22N2O8/c1-25-13-6-7-14(15(10-13)26-2)20-22-18(31-23-20)11-30-21(24)12-8-16(27-3)19(29-5)17(9-12)28-4/h6-10H,11H2,1-5H3. The van der Waals surface area contributed by atoms with Gasteiger partial charge in [0.1, 0.15) is 11.5 Å². The van der Waals surface area contributed by atoms with Gasteiger partial charge in [0.15, 0.2) is 18.1 Å². The summed E-state index contributed by atoms with van der Waals surface area (Å²) in [5.41, 5.74) is 0.820. The third-order valence-corrected chi connectivity index (χ3v) is 4.34. The van der Waals surface area contributed by atoms with Gasteiger partial charge < -0.3 is 32.9 Å². The summed E-state index contributed by atoms with van der Waals surface area (Å²) >= 11 is 0. The molecule has 10 nitrogen and oxygen atoms in total. The van der Waals surface area contributed by atoms with E-state index in [9.17, 15) is 4.79 Å².